The second-order valence-corrected chi connectivity index (χ2v) is 8.92. The van der Waals surface area contributed by atoms with Gasteiger partial charge in [-0.25, -0.2) is 0 Å². The number of aliphatic hydroxyl groups is 1. The molecule has 2 N–H and O–H groups in total. The first kappa shape index (κ1) is 18.2. The van der Waals surface area contributed by atoms with Crippen molar-refractivity contribution < 1.29 is 9.90 Å². The second-order valence-electron chi connectivity index (χ2n) is 3.93. The molecule has 1 unspecified atom stereocenters. The third kappa shape index (κ3) is 6.66. The van der Waals surface area contributed by atoms with Crippen LogP contribution in [0, 0.1) is 10.7 Å². The normalized spacial score (nSPS) is 12.3. The molecule has 0 fully saturated rings. The first-order chi connectivity index (χ1) is 8.93. The van der Waals surface area contributed by atoms with Crippen LogP contribution in [0.2, 0.25) is 0 Å². The number of hydrogen-bond donors (Lipinski definition) is 2. The van der Waals surface area contributed by atoms with Crippen LogP contribution >= 0.6 is 79.5 Å². The summed E-state index contributed by atoms with van der Waals surface area (Å²) in [5, 5.41) is 12.1. The number of benzene rings is 1. The summed E-state index contributed by atoms with van der Waals surface area (Å²) in [5.74, 6) is 0.422. The van der Waals surface area contributed by atoms with E-state index >= 15 is 0 Å². The Morgan fingerprint density at radius 3 is 2.47 bits per heavy atom. The predicted molar refractivity (Wildman–Crippen MR) is 107 cm³/mol. The van der Waals surface area contributed by atoms with E-state index in [0.29, 0.717) is 11.0 Å². The van der Waals surface area contributed by atoms with E-state index in [-0.39, 0.29) is 12.5 Å². The zero-order valence-electron chi connectivity index (χ0n) is 10.3. The Hall–Kier alpha value is 1.19. The molecule has 3 nitrogen and oxygen atoms in total. The van der Waals surface area contributed by atoms with Gasteiger partial charge in [-0.05, 0) is 86.3 Å². The quantitative estimate of drug-likeness (QED) is 0.477. The number of rotatable bonds is 6. The first-order valence-electron chi connectivity index (χ1n) is 5.61. The van der Waals surface area contributed by atoms with Gasteiger partial charge in [0.05, 0.1) is 11.4 Å². The molecule has 106 valence electrons. The Balaban J connectivity index is 2.58. The largest absolute Gasteiger partial charge is 0.396 e. The number of nitrogens with one attached hydrogen (secondary N) is 1. The van der Waals surface area contributed by atoms with Crippen molar-refractivity contribution >= 4 is 91.1 Å². The lowest BCUT2D eigenvalue weighted by atomic mass is 10.3. The highest BCUT2D eigenvalue weighted by atomic mass is 127. The number of carbonyl (C=O) groups is 1. The molecule has 1 aromatic carbocycles. The Morgan fingerprint density at radius 1 is 1.37 bits per heavy atom. The minimum Gasteiger partial charge on any atom is -0.396 e. The van der Waals surface area contributed by atoms with Gasteiger partial charge in [0.2, 0.25) is 5.91 Å². The summed E-state index contributed by atoms with van der Waals surface area (Å²) in [5.41, 5.74) is 0.891. The van der Waals surface area contributed by atoms with Gasteiger partial charge in [0.1, 0.15) is 0 Å². The lowest BCUT2D eigenvalue weighted by molar-refractivity contribution is -0.113. The molecule has 0 bridgehead atoms. The molecule has 0 radical (unpaired) electrons. The summed E-state index contributed by atoms with van der Waals surface area (Å²) < 4.78 is 3.27. The maximum Gasteiger partial charge on any atom is 0.234 e. The monoisotopic (exact) mass is 617 g/mol. The Bertz CT molecular complexity index is 434. The molecule has 1 atom stereocenters. The van der Waals surface area contributed by atoms with Crippen LogP contribution in [0.15, 0.2) is 12.1 Å². The molecule has 1 rings (SSSR count). The van der Waals surface area contributed by atoms with Crippen molar-refractivity contribution in [3.05, 3.63) is 22.8 Å². The number of carbonyl (C=O) groups excluding carboxylic acids is 1. The maximum atomic E-state index is 11.9. The highest BCUT2D eigenvalue weighted by Crippen LogP contribution is 2.27. The smallest absolute Gasteiger partial charge is 0.234 e. The van der Waals surface area contributed by atoms with Crippen LogP contribution in [0.3, 0.4) is 0 Å². The number of aliphatic hydroxyl groups excluding tert-OH is 1. The van der Waals surface area contributed by atoms with E-state index in [1.165, 1.54) is 0 Å². The van der Waals surface area contributed by atoms with Gasteiger partial charge >= 0.3 is 0 Å². The molecule has 0 aliphatic rings. The Labute approximate surface area is 158 Å². The van der Waals surface area contributed by atoms with Crippen LogP contribution in [0.4, 0.5) is 5.69 Å². The molecule has 1 aromatic rings. The van der Waals surface area contributed by atoms with Crippen LogP contribution in [-0.4, -0.2) is 28.6 Å². The fourth-order valence-electron chi connectivity index (χ4n) is 1.32. The van der Waals surface area contributed by atoms with Gasteiger partial charge in [-0.2, -0.15) is 0 Å². The third-order valence-corrected chi connectivity index (χ3v) is 5.86. The molecular weight excluding hydrogens is 603 g/mol. The second kappa shape index (κ2) is 9.26. The van der Waals surface area contributed by atoms with Gasteiger partial charge in [0, 0.05) is 22.6 Å². The zero-order chi connectivity index (χ0) is 14.4. The van der Waals surface area contributed by atoms with E-state index < -0.39 is 0 Å². The van der Waals surface area contributed by atoms with E-state index in [9.17, 15) is 4.79 Å². The standard InChI is InChI=1S/C12H14I3NO2S/c1-7(2-3-17)19-6-11(18)16-12-9(14)4-8(13)5-10(12)15/h4-5,7,17H,2-3,6H2,1H3,(H,16,18). The lowest BCUT2D eigenvalue weighted by Gasteiger charge is -2.12. The van der Waals surface area contributed by atoms with E-state index in [1.54, 1.807) is 11.8 Å². The maximum absolute atomic E-state index is 11.9. The van der Waals surface area contributed by atoms with Crippen molar-refractivity contribution in [1.82, 2.24) is 0 Å². The summed E-state index contributed by atoms with van der Waals surface area (Å²) in [6.07, 6.45) is 0.719. The number of thioether (sulfide) groups is 1. The number of anilines is 1. The zero-order valence-corrected chi connectivity index (χ0v) is 17.5. The average Bonchev–Trinajstić information content (AvgIpc) is 2.31. The first-order valence-corrected chi connectivity index (χ1v) is 9.89. The average molecular weight is 617 g/mol. The molecule has 7 heteroatoms. The van der Waals surface area contributed by atoms with Crippen molar-refractivity contribution in [2.75, 3.05) is 17.7 Å². The topological polar surface area (TPSA) is 49.3 Å². The number of amides is 1. The number of halogens is 3. The molecule has 0 saturated heterocycles. The van der Waals surface area contributed by atoms with Gasteiger partial charge in [-0.3, -0.25) is 4.79 Å². The van der Waals surface area contributed by atoms with Gasteiger partial charge in [-0.1, -0.05) is 6.92 Å². The molecule has 0 aliphatic carbocycles. The van der Waals surface area contributed by atoms with Crippen molar-refractivity contribution in [2.45, 2.75) is 18.6 Å². The molecule has 0 aromatic heterocycles. The fraction of sp³-hybridized carbons (Fsp3) is 0.417. The van der Waals surface area contributed by atoms with Crippen LogP contribution < -0.4 is 5.32 Å². The summed E-state index contributed by atoms with van der Waals surface area (Å²) in [6.45, 7) is 2.19. The highest BCUT2D eigenvalue weighted by Gasteiger charge is 2.12. The lowest BCUT2D eigenvalue weighted by Crippen LogP contribution is -2.17. The van der Waals surface area contributed by atoms with E-state index in [2.05, 4.69) is 73.1 Å². The Morgan fingerprint density at radius 2 is 1.95 bits per heavy atom. The molecule has 0 aliphatic heterocycles. The molecule has 19 heavy (non-hydrogen) atoms. The predicted octanol–water partition coefficient (Wildman–Crippen LogP) is 3.94. The number of hydrogen-bond acceptors (Lipinski definition) is 3. The molecule has 0 spiro atoms. The van der Waals surface area contributed by atoms with E-state index in [1.807, 2.05) is 19.1 Å². The third-order valence-electron chi connectivity index (χ3n) is 2.31. The highest BCUT2D eigenvalue weighted by molar-refractivity contribution is 14.1. The van der Waals surface area contributed by atoms with Gasteiger partial charge < -0.3 is 10.4 Å². The fourth-order valence-corrected chi connectivity index (χ4v) is 5.95. The Kier molecular flexibility index (Phi) is 8.89. The minimum absolute atomic E-state index is 0.00632. The van der Waals surface area contributed by atoms with Crippen LogP contribution in [-0.2, 0) is 4.79 Å². The summed E-state index contributed by atoms with van der Waals surface area (Å²) in [6, 6.07) is 4.08. The summed E-state index contributed by atoms with van der Waals surface area (Å²) in [4.78, 5) is 11.9. The van der Waals surface area contributed by atoms with Crippen molar-refractivity contribution in [1.29, 1.82) is 0 Å². The van der Waals surface area contributed by atoms with Crippen LogP contribution in [0.1, 0.15) is 13.3 Å². The van der Waals surface area contributed by atoms with Crippen molar-refractivity contribution in [3.8, 4) is 0 Å². The van der Waals surface area contributed by atoms with Crippen molar-refractivity contribution in [3.63, 3.8) is 0 Å². The summed E-state index contributed by atoms with van der Waals surface area (Å²) >= 11 is 8.30. The SMILES string of the molecule is CC(CCO)SCC(=O)Nc1c(I)cc(I)cc1I. The van der Waals surface area contributed by atoms with E-state index in [0.717, 1.165) is 22.8 Å². The van der Waals surface area contributed by atoms with Crippen LogP contribution in [0.25, 0.3) is 0 Å². The molecular formula is C12H14I3NO2S. The van der Waals surface area contributed by atoms with Gasteiger partial charge in [0.15, 0.2) is 0 Å². The van der Waals surface area contributed by atoms with Crippen molar-refractivity contribution in [2.24, 2.45) is 0 Å². The van der Waals surface area contributed by atoms with Crippen LogP contribution in [0.5, 0.6) is 0 Å². The molecule has 0 saturated carbocycles. The van der Waals surface area contributed by atoms with Gasteiger partial charge in [0.25, 0.3) is 0 Å². The molecule has 0 heterocycles. The minimum atomic E-state index is 0.00632. The van der Waals surface area contributed by atoms with Gasteiger partial charge in [-0.15, -0.1) is 11.8 Å². The summed E-state index contributed by atoms with van der Waals surface area (Å²) in [7, 11) is 0. The molecule has 1 amide bonds. The van der Waals surface area contributed by atoms with E-state index in [4.69, 9.17) is 5.11 Å².